The second-order valence-corrected chi connectivity index (χ2v) is 9.42. The van der Waals surface area contributed by atoms with Crippen molar-refractivity contribution in [3.05, 3.63) is 38.2 Å². The predicted molar refractivity (Wildman–Crippen MR) is 114 cm³/mol. The fourth-order valence-corrected chi connectivity index (χ4v) is 6.08. The highest BCUT2D eigenvalue weighted by molar-refractivity contribution is 8.04. The quantitative estimate of drug-likeness (QED) is 0.533. The Labute approximate surface area is 176 Å². The molecule has 1 amide bonds. The molecule has 2 aromatic heterocycles. The lowest BCUT2D eigenvalue weighted by atomic mass is 9.89. The molecule has 3 heterocycles. The standard InChI is InChI=1S/C20H23N3O4S2/c1-3-27-17(25)9-16-23(15(24)10-28-16)7-6-22-11-21-19-18(20(22)26)13-5-4-12(2)8-14(13)29-19/h9,11-12H,3-8,10H2,1-2H3/b16-9-. The first-order valence-electron chi connectivity index (χ1n) is 9.79. The molecular weight excluding hydrogens is 410 g/mol. The minimum absolute atomic E-state index is 0.0442. The van der Waals surface area contributed by atoms with Crippen molar-refractivity contribution in [2.45, 2.75) is 39.7 Å². The summed E-state index contributed by atoms with van der Waals surface area (Å²) in [5.74, 6) is 0.387. The third-order valence-corrected chi connectivity index (χ3v) is 7.47. The number of esters is 1. The van der Waals surface area contributed by atoms with Crippen molar-refractivity contribution in [2.24, 2.45) is 5.92 Å². The Hall–Kier alpha value is -2.13. The predicted octanol–water partition coefficient (Wildman–Crippen LogP) is 2.56. The van der Waals surface area contributed by atoms with Crippen molar-refractivity contribution < 1.29 is 14.3 Å². The number of carbonyl (C=O) groups excluding carboxylic acids is 2. The van der Waals surface area contributed by atoms with Gasteiger partial charge >= 0.3 is 5.97 Å². The summed E-state index contributed by atoms with van der Waals surface area (Å²) in [6, 6.07) is 0. The Morgan fingerprint density at radius 2 is 2.21 bits per heavy atom. The smallest absolute Gasteiger partial charge is 0.333 e. The lowest BCUT2D eigenvalue weighted by Gasteiger charge is -2.18. The first-order chi connectivity index (χ1) is 14.0. The SMILES string of the molecule is CCOC(=O)/C=C1\SCC(=O)N1CCn1cnc2sc3c(c2c1=O)CCC(C)C3. The third-order valence-electron chi connectivity index (χ3n) is 5.29. The van der Waals surface area contributed by atoms with Crippen LogP contribution in [0.25, 0.3) is 10.2 Å². The van der Waals surface area contributed by atoms with Gasteiger partial charge in [-0.05, 0) is 37.7 Å². The topological polar surface area (TPSA) is 81.5 Å². The maximum Gasteiger partial charge on any atom is 0.333 e. The van der Waals surface area contributed by atoms with E-state index in [1.165, 1.54) is 22.7 Å². The Balaban J connectivity index is 1.57. The third kappa shape index (κ3) is 3.98. The molecule has 1 saturated heterocycles. The number of thiophene rings is 1. The molecule has 2 aromatic rings. The lowest BCUT2D eigenvalue weighted by molar-refractivity contribution is -0.137. The van der Waals surface area contributed by atoms with Crippen LogP contribution in [0, 0.1) is 5.92 Å². The van der Waals surface area contributed by atoms with Crippen molar-refractivity contribution in [3.8, 4) is 0 Å². The van der Waals surface area contributed by atoms with Crippen LogP contribution in [0.1, 0.15) is 30.7 Å². The van der Waals surface area contributed by atoms with Crippen LogP contribution in [-0.2, 0) is 33.7 Å². The molecule has 0 aromatic carbocycles. The van der Waals surface area contributed by atoms with Crippen LogP contribution < -0.4 is 5.56 Å². The van der Waals surface area contributed by atoms with Crippen molar-refractivity contribution in [1.29, 1.82) is 0 Å². The van der Waals surface area contributed by atoms with E-state index >= 15 is 0 Å². The Kier molecular flexibility index (Phi) is 5.78. The average Bonchev–Trinajstić information content (AvgIpc) is 3.21. The lowest BCUT2D eigenvalue weighted by Crippen LogP contribution is -2.32. The Morgan fingerprint density at radius 3 is 3.00 bits per heavy atom. The first-order valence-corrected chi connectivity index (χ1v) is 11.6. The molecule has 154 valence electrons. The summed E-state index contributed by atoms with van der Waals surface area (Å²) < 4.78 is 6.51. The van der Waals surface area contributed by atoms with Gasteiger partial charge in [0.15, 0.2) is 0 Å². The molecule has 1 aliphatic heterocycles. The van der Waals surface area contributed by atoms with Gasteiger partial charge in [0.05, 0.1) is 35.2 Å². The molecule has 0 radical (unpaired) electrons. The number of carbonyl (C=O) groups is 2. The van der Waals surface area contributed by atoms with Crippen molar-refractivity contribution in [2.75, 3.05) is 18.9 Å². The second-order valence-electron chi connectivity index (χ2n) is 7.34. The monoisotopic (exact) mass is 433 g/mol. The fourth-order valence-electron chi connectivity index (χ4n) is 3.79. The van der Waals surface area contributed by atoms with Gasteiger partial charge in [-0.1, -0.05) is 18.7 Å². The van der Waals surface area contributed by atoms with E-state index in [1.807, 2.05) is 0 Å². The molecule has 2 aliphatic rings. The van der Waals surface area contributed by atoms with Crippen molar-refractivity contribution in [1.82, 2.24) is 14.5 Å². The van der Waals surface area contributed by atoms with Crippen LogP contribution in [-0.4, -0.2) is 45.2 Å². The highest BCUT2D eigenvalue weighted by atomic mass is 32.2. The van der Waals surface area contributed by atoms with Gasteiger partial charge in [0, 0.05) is 18.0 Å². The van der Waals surface area contributed by atoms with Crippen LogP contribution in [0.4, 0.5) is 0 Å². The molecular formula is C20H23N3O4S2. The number of nitrogens with zero attached hydrogens (tertiary/aromatic N) is 3. The van der Waals surface area contributed by atoms with Gasteiger partial charge in [-0.25, -0.2) is 9.78 Å². The summed E-state index contributed by atoms with van der Waals surface area (Å²) in [7, 11) is 0. The second kappa shape index (κ2) is 8.31. The van der Waals surface area contributed by atoms with Gasteiger partial charge in [0.1, 0.15) is 4.83 Å². The summed E-state index contributed by atoms with van der Waals surface area (Å²) in [6.07, 6.45) is 5.94. The number of fused-ring (bicyclic) bond motifs is 3. The number of hydrogen-bond acceptors (Lipinski definition) is 7. The molecule has 0 bridgehead atoms. The first kappa shape index (κ1) is 20.2. The molecule has 4 rings (SSSR count). The zero-order chi connectivity index (χ0) is 20.5. The summed E-state index contributed by atoms with van der Waals surface area (Å²) in [4.78, 5) is 45.2. The van der Waals surface area contributed by atoms with E-state index < -0.39 is 5.97 Å². The van der Waals surface area contributed by atoms with E-state index in [9.17, 15) is 14.4 Å². The van der Waals surface area contributed by atoms with Gasteiger partial charge in [0.2, 0.25) is 5.91 Å². The maximum absolute atomic E-state index is 13.1. The van der Waals surface area contributed by atoms with E-state index in [1.54, 1.807) is 34.1 Å². The van der Waals surface area contributed by atoms with Gasteiger partial charge in [-0.3, -0.25) is 14.2 Å². The zero-order valence-electron chi connectivity index (χ0n) is 16.5. The van der Waals surface area contributed by atoms with Gasteiger partial charge in [0.25, 0.3) is 5.56 Å². The Morgan fingerprint density at radius 1 is 1.38 bits per heavy atom. The molecule has 0 saturated carbocycles. The van der Waals surface area contributed by atoms with E-state index in [0.717, 1.165) is 35.0 Å². The highest BCUT2D eigenvalue weighted by Crippen LogP contribution is 2.35. The maximum atomic E-state index is 13.1. The minimum atomic E-state index is -0.464. The molecule has 9 heteroatoms. The number of ether oxygens (including phenoxy) is 1. The number of aryl methyl sites for hydroxylation is 1. The highest BCUT2D eigenvalue weighted by Gasteiger charge is 2.28. The van der Waals surface area contributed by atoms with E-state index in [-0.39, 0.29) is 23.8 Å². The van der Waals surface area contributed by atoms with E-state index in [0.29, 0.717) is 24.0 Å². The van der Waals surface area contributed by atoms with Gasteiger partial charge in [-0.15, -0.1) is 11.3 Å². The van der Waals surface area contributed by atoms with Crippen LogP contribution in [0.3, 0.4) is 0 Å². The summed E-state index contributed by atoms with van der Waals surface area (Å²) in [5.41, 5.74) is 1.11. The van der Waals surface area contributed by atoms with Crippen LogP contribution in [0.15, 0.2) is 22.2 Å². The molecule has 1 unspecified atom stereocenters. The number of hydrogen-bond donors (Lipinski definition) is 0. The number of amides is 1. The van der Waals surface area contributed by atoms with E-state index in [4.69, 9.17) is 4.74 Å². The number of rotatable bonds is 5. The zero-order valence-corrected chi connectivity index (χ0v) is 18.1. The van der Waals surface area contributed by atoms with E-state index in [2.05, 4.69) is 11.9 Å². The van der Waals surface area contributed by atoms with Crippen LogP contribution in [0.5, 0.6) is 0 Å². The van der Waals surface area contributed by atoms with Gasteiger partial charge in [-0.2, -0.15) is 0 Å². The number of thioether (sulfide) groups is 1. The summed E-state index contributed by atoms with van der Waals surface area (Å²) >= 11 is 2.94. The normalized spacial score (nSPS) is 20.5. The minimum Gasteiger partial charge on any atom is -0.463 e. The molecule has 1 fully saturated rings. The number of aromatic nitrogens is 2. The fraction of sp³-hybridized carbons (Fsp3) is 0.500. The summed E-state index contributed by atoms with van der Waals surface area (Å²) in [5, 5.41) is 1.31. The molecule has 1 aliphatic carbocycles. The van der Waals surface area contributed by atoms with Gasteiger partial charge < -0.3 is 9.64 Å². The molecule has 1 atom stereocenters. The largest absolute Gasteiger partial charge is 0.463 e. The average molecular weight is 434 g/mol. The van der Waals surface area contributed by atoms with Crippen molar-refractivity contribution >= 4 is 45.2 Å². The molecule has 0 N–H and O–H groups in total. The molecule has 7 nitrogen and oxygen atoms in total. The molecule has 29 heavy (non-hydrogen) atoms. The van der Waals surface area contributed by atoms with Crippen LogP contribution >= 0.6 is 23.1 Å². The van der Waals surface area contributed by atoms with Crippen molar-refractivity contribution in [3.63, 3.8) is 0 Å². The van der Waals surface area contributed by atoms with Crippen LogP contribution in [0.2, 0.25) is 0 Å². The summed E-state index contributed by atoms with van der Waals surface area (Å²) in [6.45, 7) is 4.90. The Bertz CT molecular complexity index is 1060. The molecule has 0 spiro atoms.